The molecule has 0 radical (unpaired) electrons. The average molecular weight is 520 g/mol. The Morgan fingerprint density at radius 2 is 1.70 bits per heavy atom. The largest absolute Gasteiger partial charge is 0.507 e. The smallest absolute Gasteiger partial charge is 0.309 e. The first-order valence-electron chi connectivity index (χ1n) is 11.5. The number of rotatable bonds is 6. The van der Waals surface area contributed by atoms with Crippen molar-refractivity contribution in [1.29, 1.82) is 0 Å². The van der Waals surface area contributed by atoms with Gasteiger partial charge in [0.1, 0.15) is 11.5 Å². The van der Waals surface area contributed by atoms with Crippen LogP contribution in [0.3, 0.4) is 0 Å². The molecule has 1 saturated heterocycles. The number of Topliss-reactive ketones (excluding diaryl/α,β-unsaturated/α-hetero) is 1. The fraction of sp³-hybridized carbons (Fsp3) is 0.207. The number of esters is 1. The summed E-state index contributed by atoms with van der Waals surface area (Å²) in [5.74, 6) is -2.18. The first kappa shape index (κ1) is 26.0. The molecule has 7 nitrogen and oxygen atoms in total. The molecule has 3 aromatic carbocycles. The summed E-state index contributed by atoms with van der Waals surface area (Å²) in [6, 6.07) is 16.5. The van der Waals surface area contributed by atoms with Gasteiger partial charge in [-0.3, -0.25) is 19.3 Å². The predicted octanol–water partition coefficient (Wildman–Crippen LogP) is 5.31. The molecule has 1 fully saturated rings. The molecule has 8 heteroatoms. The van der Waals surface area contributed by atoms with Gasteiger partial charge in [-0.1, -0.05) is 53.6 Å². The van der Waals surface area contributed by atoms with Crippen molar-refractivity contribution in [3.05, 3.63) is 99.1 Å². The van der Waals surface area contributed by atoms with Gasteiger partial charge in [-0.05, 0) is 54.8 Å². The fourth-order valence-corrected chi connectivity index (χ4v) is 4.88. The molecule has 4 rings (SSSR count). The number of ketones is 1. The number of nitrogens with zero attached hydrogens (tertiary/aromatic N) is 1. The van der Waals surface area contributed by atoms with E-state index in [0.717, 1.165) is 11.1 Å². The van der Waals surface area contributed by atoms with E-state index in [0.29, 0.717) is 16.8 Å². The molecule has 1 aliphatic rings. The molecule has 0 bridgehead atoms. The summed E-state index contributed by atoms with van der Waals surface area (Å²) in [6.45, 7) is 3.70. The van der Waals surface area contributed by atoms with Crippen molar-refractivity contribution in [1.82, 2.24) is 0 Å². The highest BCUT2D eigenvalue weighted by atomic mass is 35.5. The second-order valence-corrected chi connectivity index (χ2v) is 9.24. The normalized spacial score (nSPS) is 16.7. The van der Waals surface area contributed by atoms with Crippen LogP contribution in [0.4, 0.5) is 5.69 Å². The standard InChI is InChI=1S/C29H26ClNO6/c1-16-6-5-7-19(12-16)25-24(26(33)21-13-17(2)14-22(30)28(21)37-4)27(34)29(35)31(25)20-10-8-18(9-11-20)15-23(32)36-3/h5-14,25,33H,15H2,1-4H3/b26-24+. The molecule has 0 saturated carbocycles. The number of carbonyl (C=O) groups is 3. The van der Waals surface area contributed by atoms with Crippen molar-refractivity contribution in [2.24, 2.45) is 0 Å². The molecule has 1 aliphatic heterocycles. The van der Waals surface area contributed by atoms with E-state index < -0.39 is 23.7 Å². The molecule has 1 heterocycles. The summed E-state index contributed by atoms with van der Waals surface area (Å²) in [7, 11) is 2.73. The summed E-state index contributed by atoms with van der Waals surface area (Å²) in [5, 5.41) is 11.8. The molecule has 3 aromatic rings. The molecule has 1 amide bonds. The number of halogens is 1. The highest BCUT2D eigenvalue weighted by Gasteiger charge is 2.47. The first-order valence-corrected chi connectivity index (χ1v) is 11.9. The van der Waals surface area contributed by atoms with Crippen molar-refractivity contribution >= 4 is 40.7 Å². The lowest BCUT2D eigenvalue weighted by molar-refractivity contribution is -0.139. The molecule has 0 aromatic heterocycles. The van der Waals surface area contributed by atoms with Gasteiger partial charge in [0, 0.05) is 5.69 Å². The second-order valence-electron chi connectivity index (χ2n) is 8.83. The number of aliphatic hydroxyl groups is 1. The van der Waals surface area contributed by atoms with Crippen molar-refractivity contribution in [2.75, 3.05) is 19.1 Å². The quantitative estimate of drug-likeness (QED) is 0.205. The van der Waals surface area contributed by atoms with Crippen molar-refractivity contribution in [3.63, 3.8) is 0 Å². The third kappa shape index (κ3) is 4.95. The molecular formula is C29H26ClNO6. The van der Waals surface area contributed by atoms with Crippen LogP contribution in [0.1, 0.15) is 33.9 Å². The number of aliphatic hydroxyl groups excluding tert-OH is 1. The van der Waals surface area contributed by atoms with E-state index in [1.807, 2.05) is 25.1 Å². The van der Waals surface area contributed by atoms with Crippen LogP contribution in [0.5, 0.6) is 5.75 Å². The third-order valence-corrected chi connectivity index (χ3v) is 6.52. The number of hydrogen-bond donors (Lipinski definition) is 1. The zero-order chi connectivity index (χ0) is 26.9. The maximum Gasteiger partial charge on any atom is 0.309 e. The van der Waals surface area contributed by atoms with Gasteiger partial charge in [0.2, 0.25) is 0 Å². The number of benzene rings is 3. The Morgan fingerprint density at radius 1 is 1.00 bits per heavy atom. The fourth-order valence-electron chi connectivity index (χ4n) is 4.53. The minimum atomic E-state index is -0.907. The first-order chi connectivity index (χ1) is 17.7. The van der Waals surface area contributed by atoms with Gasteiger partial charge in [0.15, 0.2) is 0 Å². The third-order valence-electron chi connectivity index (χ3n) is 6.24. The van der Waals surface area contributed by atoms with E-state index in [2.05, 4.69) is 0 Å². The molecule has 1 unspecified atom stereocenters. The van der Waals surface area contributed by atoms with E-state index in [1.54, 1.807) is 49.4 Å². The highest BCUT2D eigenvalue weighted by Crippen LogP contribution is 2.44. The van der Waals surface area contributed by atoms with E-state index in [4.69, 9.17) is 21.1 Å². The lowest BCUT2D eigenvalue weighted by Crippen LogP contribution is -2.29. The minimum absolute atomic E-state index is 0.0742. The van der Waals surface area contributed by atoms with Crippen LogP contribution in [-0.4, -0.2) is 37.0 Å². The molecule has 0 aliphatic carbocycles. The number of aryl methyl sites for hydroxylation is 2. The van der Waals surface area contributed by atoms with E-state index in [1.165, 1.54) is 19.1 Å². The van der Waals surface area contributed by atoms with Gasteiger partial charge < -0.3 is 14.6 Å². The highest BCUT2D eigenvalue weighted by molar-refractivity contribution is 6.51. The number of hydrogen-bond acceptors (Lipinski definition) is 6. The molecule has 37 heavy (non-hydrogen) atoms. The van der Waals surface area contributed by atoms with Crippen molar-refractivity contribution in [3.8, 4) is 5.75 Å². The van der Waals surface area contributed by atoms with Gasteiger partial charge in [-0.2, -0.15) is 0 Å². The molecule has 1 N–H and O–H groups in total. The Bertz CT molecular complexity index is 1430. The van der Waals surface area contributed by atoms with E-state index >= 15 is 0 Å². The topological polar surface area (TPSA) is 93.1 Å². The number of carbonyl (C=O) groups excluding carboxylic acids is 3. The number of methoxy groups -OCH3 is 2. The summed E-state index contributed by atoms with van der Waals surface area (Å²) in [6.07, 6.45) is 0.0742. The lowest BCUT2D eigenvalue weighted by atomic mass is 9.93. The van der Waals surface area contributed by atoms with Crippen LogP contribution < -0.4 is 9.64 Å². The maximum atomic E-state index is 13.4. The van der Waals surface area contributed by atoms with Crippen LogP contribution in [0.15, 0.2) is 66.2 Å². The number of anilines is 1. The summed E-state index contributed by atoms with van der Waals surface area (Å²) >= 11 is 6.36. The van der Waals surface area contributed by atoms with Crippen LogP contribution in [0.25, 0.3) is 5.76 Å². The van der Waals surface area contributed by atoms with Gasteiger partial charge in [-0.15, -0.1) is 0 Å². The number of ether oxygens (including phenoxy) is 2. The number of amides is 1. The van der Waals surface area contributed by atoms with E-state index in [-0.39, 0.29) is 34.1 Å². The summed E-state index contributed by atoms with van der Waals surface area (Å²) < 4.78 is 10.1. The van der Waals surface area contributed by atoms with Gasteiger partial charge in [0.25, 0.3) is 11.7 Å². The lowest BCUT2D eigenvalue weighted by Gasteiger charge is -2.26. The van der Waals surface area contributed by atoms with Crippen molar-refractivity contribution in [2.45, 2.75) is 26.3 Å². The maximum absolute atomic E-state index is 13.4. The second kappa shape index (κ2) is 10.5. The van der Waals surface area contributed by atoms with Gasteiger partial charge in [-0.25, -0.2) is 0 Å². The Morgan fingerprint density at radius 3 is 2.32 bits per heavy atom. The zero-order valence-corrected chi connectivity index (χ0v) is 21.6. The van der Waals surface area contributed by atoms with Gasteiger partial charge >= 0.3 is 5.97 Å². The van der Waals surface area contributed by atoms with Crippen LogP contribution in [0.2, 0.25) is 5.02 Å². The monoisotopic (exact) mass is 519 g/mol. The van der Waals surface area contributed by atoms with Crippen LogP contribution in [-0.2, 0) is 25.5 Å². The molecular weight excluding hydrogens is 494 g/mol. The Hall–Kier alpha value is -4.10. The predicted molar refractivity (Wildman–Crippen MR) is 141 cm³/mol. The van der Waals surface area contributed by atoms with E-state index in [9.17, 15) is 19.5 Å². The van der Waals surface area contributed by atoms with Crippen LogP contribution >= 0.6 is 11.6 Å². The average Bonchev–Trinajstić information content (AvgIpc) is 3.14. The Labute approximate surface area is 219 Å². The minimum Gasteiger partial charge on any atom is -0.507 e. The zero-order valence-electron chi connectivity index (χ0n) is 20.9. The molecule has 0 spiro atoms. The van der Waals surface area contributed by atoms with Crippen molar-refractivity contribution < 1.29 is 29.0 Å². The Kier molecular flexibility index (Phi) is 7.36. The molecule has 1 atom stereocenters. The summed E-state index contributed by atoms with van der Waals surface area (Å²) in [4.78, 5) is 39.9. The molecule has 190 valence electrons. The van der Waals surface area contributed by atoms with Gasteiger partial charge in [0.05, 0.1) is 42.8 Å². The Balaban J connectivity index is 1.92. The summed E-state index contributed by atoms with van der Waals surface area (Å²) in [5.41, 5.74) is 3.60. The SMILES string of the molecule is COC(=O)Cc1ccc(N2C(=O)C(=O)/C(=C(/O)c3cc(C)cc(Cl)c3OC)C2c2cccc(C)c2)cc1. The van der Waals surface area contributed by atoms with Crippen LogP contribution in [0, 0.1) is 13.8 Å².